The molecule has 0 amide bonds. The number of hydrogen-bond acceptors (Lipinski definition) is 5. The normalized spacial score (nSPS) is 20.4. The van der Waals surface area contributed by atoms with Gasteiger partial charge in [0.05, 0.1) is 18.4 Å². The van der Waals surface area contributed by atoms with Crippen molar-refractivity contribution < 1.29 is 9.53 Å². The van der Waals surface area contributed by atoms with Gasteiger partial charge in [0, 0.05) is 45.5 Å². The number of piperazine rings is 1. The van der Waals surface area contributed by atoms with Gasteiger partial charge in [0.25, 0.3) is 0 Å². The number of esters is 1. The number of aromatic nitrogens is 1. The van der Waals surface area contributed by atoms with Crippen LogP contribution in [0.5, 0.6) is 0 Å². The molecular weight excluding hydrogens is 266 g/mol. The predicted octanol–water partition coefficient (Wildman–Crippen LogP) is 1.40. The van der Waals surface area contributed by atoms with Crippen LogP contribution >= 0.6 is 0 Å². The number of rotatable bonds is 5. The second-order valence-electron chi connectivity index (χ2n) is 6.05. The predicted molar refractivity (Wildman–Crippen MR) is 80.0 cm³/mol. The summed E-state index contributed by atoms with van der Waals surface area (Å²) in [6.45, 7) is 6.69. The summed E-state index contributed by atoms with van der Waals surface area (Å²) in [6, 6.07) is 3.71. The number of carbonyl (C=O) groups excluding carboxylic acids is 1. The van der Waals surface area contributed by atoms with Gasteiger partial charge in [0.2, 0.25) is 0 Å². The Morgan fingerprint density at radius 3 is 2.52 bits per heavy atom. The molecule has 1 saturated carbocycles. The minimum absolute atomic E-state index is 0.331. The minimum atomic E-state index is -0.331. The summed E-state index contributed by atoms with van der Waals surface area (Å²) in [5.41, 5.74) is 1.52. The molecule has 3 rings (SSSR count). The van der Waals surface area contributed by atoms with Gasteiger partial charge in [-0.2, -0.15) is 0 Å². The summed E-state index contributed by atoms with van der Waals surface area (Å²) in [5.74, 6) is 0.645. The van der Waals surface area contributed by atoms with Crippen LogP contribution in [0.25, 0.3) is 0 Å². The third-order valence-electron chi connectivity index (χ3n) is 4.31. The third-order valence-corrected chi connectivity index (χ3v) is 4.31. The van der Waals surface area contributed by atoms with Crippen molar-refractivity contribution in [2.24, 2.45) is 5.92 Å². The lowest BCUT2D eigenvalue weighted by molar-refractivity contribution is 0.0600. The van der Waals surface area contributed by atoms with Gasteiger partial charge in [-0.15, -0.1) is 0 Å². The SMILES string of the molecule is COC(=O)c1ccc(CN2CCN(CC3CC3)CC2)nc1. The molecule has 1 aromatic rings. The number of hydrogen-bond donors (Lipinski definition) is 0. The number of methoxy groups -OCH3 is 1. The maximum absolute atomic E-state index is 11.4. The smallest absolute Gasteiger partial charge is 0.339 e. The highest BCUT2D eigenvalue weighted by molar-refractivity contribution is 5.88. The Morgan fingerprint density at radius 1 is 1.24 bits per heavy atom. The molecular formula is C16H23N3O2. The molecule has 0 atom stereocenters. The van der Waals surface area contributed by atoms with E-state index in [4.69, 9.17) is 0 Å². The standard InChI is InChI=1S/C16H23N3O2/c1-21-16(20)14-4-5-15(17-10-14)12-19-8-6-18(7-9-19)11-13-2-3-13/h4-5,10,13H,2-3,6-9,11-12H2,1H3. The molecule has 5 nitrogen and oxygen atoms in total. The molecule has 0 unspecified atom stereocenters. The quantitative estimate of drug-likeness (QED) is 0.767. The molecule has 2 aliphatic rings. The van der Waals surface area contributed by atoms with E-state index >= 15 is 0 Å². The van der Waals surface area contributed by atoms with E-state index in [2.05, 4.69) is 19.5 Å². The molecule has 0 radical (unpaired) electrons. The van der Waals surface area contributed by atoms with Crippen molar-refractivity contribution >= 4 is 5.97 Å². The van der Waals surface area contributed by atoms with Gasteiger partial charge in [-0.1, -0.05) is 0 Å². The molecule has 1 aromatic heterocycles. The molecule has 0 spiro atoms. The first-order valence-corrected chi connectivity index (χ1v) is 7.72. The largest absolute Gasteiger partial charge is 0.465 e. The number of ether oxygens (including phenoxy) is 1. The fraction of sp³-hybridized carbons (Fsp3) is 0.625. The summed E-state index contributed by atoms with van der Waals surface area (Å²) in [5, 5.41) is 0. The van der Waals surface area contributed by atoms with Crippen LogP contribution in [0.1, 0.15) is 28.9 Å². The van der Waals surface area contributed by atoms with Crippen LogP contribution in [0.2, 0.25) is 0 Å². The van der Waals surface area contributed by atoms with Gasteiger partial charge in [0.15, 0.2) is 0 Å². The topological polar surface area (TPSA) is 45.7 Å². The van der Waals surface area contributed by atoms with Crippen molar-refractivity contribution in [3.05, 3.63) is 29.6 Å². The van der Waals surface area contributed by atoms with Gasteiger partial charge in [-0.25, -0.2) is 4.79 Å². The maximum atomic E-state index is 11.4. The third kappa shape index (κ3) is 4.02. The van der Waals surface area contributed by atoms with Gasteiger partial charge < -0.3 is 9.64 Å². The van der Waals surface area contributed by atoms with Gasteiger partial charge in [-0.05, 0) is 30.9 Å². The minimum Gasteiger partial charge on any atom is -0.465 e. The molecule has 0 bridgehead atoms. The fourth-order valence-electron chi connectivity index (χ4n) is 2.78. The van der Waals surface area contributed by atoms with E-state index in [0.717, 1.165) is 44.3 Å². The summed E-state index contributed by atoms with van der Waals surface area (Å²) < 4.78 is 4.68. The monoisotopic (exact) mass is 289 g/mol. The van der Waals surface area contributed by atoms with Crippen molar-refractivity contribution in [2.45, 2.75) is 19.4 Å². The summed E-state index contributed by atoms with van der Waals surface area (Å²) >= 11 is 0. The summed E-state index contributed by atoms with van der Waals surface area (Å²) in [4.78, 5) is 20.7. The zero-order chi connectivity index (χ0) is 14.7. The van der Waals surface area contributed by atoms with E-state index in [-0.39, 0.29) is 5.97 Å². The van der Waals surface area contributed by atoms with E-state index in [0.29, 0.717) is 5.56 Å². The molecule has 2 heterocycles. The molecule has 1 saturated heterocycles. The summed E-state index contributed by atoms with van der Waals surface area (Å²) in [6.07, 6.45) is 4.46. The molecule has 21 heavy (non-hydrogen) atoms. The van der Waals surface area contributed by atoms with E-state index < -0.39 is 0 Å². The molecule has 0 aromatic carbocycles. The van der Waals surface area contributed by atoms with Crippen molar-refractivity contribution in [3.63, 3.8) is 0 Å². The van der Waals surface area contributed by atoms with Crippen molar-refractivity contribution in [2.75, 3.05) is 39.8 Å². The first-order chi connectivity index (χ1) is 10.2. The lowest BCUT2D eigenvalue weighted by Gasteiger charge is -2.34. The molecule has 1 aliphatic heterocycles. The van der Waals surface area contributed by atoms with E-state index in [1.54, 1.807) is 12.3 Å². The number of pyridine rings is 1. The average Bonchev–Trinajstić information content (AvgIpc) is 3.33. The Hall–Kier alpha value is -1.46. The number of nitrogens with zero attached hydrogens (tertiary/aromatic N) is 3. The lowest BCUT2D eigenvalue weighted by atomic mass is 10.2. The Morgan fingerprint density at radius 2 is 1.95 bits per heavy atom. The molecule has 2 fully saturated rings. The highest BCUT2D eigenvalue weighted by atomic mass is 16.5. The van der Waals surface area contributed by atoms with Crippen LogP contribution in [0.3, 0.4) is 0 Å². The van der Waals surface area contributed by atoms with Gasteiger partial charge in [0.1, 0.15) is 0 Å². The molecule has 0 N–H and O–H groups in total. The zero-order valence-corrected chi connectivity index (χ0v) is 12.6. The van der Waals surface area contributed by atoms with Gasteiger partial charge >= 0.3 is 5.97 Å². The maximum Gasteiger partial charge on any atom is 0.339 e. The Bertz CT molecular complexity index is 477. The first-order valence-electron chi connectivity index (χ1n) is 7.72. The van der Waals surface area contributed by atoms with E-state index in [1.165, 1.54) is 26.5 Å². The summed E-state index contributed by atoms with van der Waals surface area (Å²) in [7, 11) is 1.39. The second kappa shape index (κ2) is 6.54. The zero-order valence-electron chi connectivity index (χ0n) is 12.6. The van der Waals surface area contributed by atoms with E-state index in [1.807, 2.05) is 6.07 Å². The first kappa shape index (κ1) is 14.5. The lowest BCUT2D eigenvalue weighted by Crippen LogP contribution is -2.46. The van der Waals surface area contributed by atoms with Crippen LogP contribution in [0, 0.1) is 5.92 Å². The van der Waals surface area contributed by atoms with Crippen molar-refractivity contribution in [1.29, 1.82) is 0 Å². The van der Waals surface area contributed by atoms with Gasteiger partial charge in [-0.3, -0.25) is 9.88 Å². The highest BCUT2D eigenvalue weighted by Gasteiger charge is 2.26. The second-order valence-corrected chi connectivity index (χ2v) is 6.05. The Balaban J connectivity index is 1.47. The molecule has 114 valence electrons. The average molecular weight is 289 g/mol. The van der Waals surface area contributed by atoms with Crippen molar-refractivity contribution in [1.82, 2.24) is 14.8 Å². The highest BCUT2D eigenvalue weighted by Crippen LogP contribution is 2.29. The van der Waals surface area contributed by atoms with Crippen molar-refractivity contribution in [3.8, 4) is 0 Å². The van der Waals surface area contributed by atoms with Crippen LogP contribution in [-0.2, 0) is 11.3 Å². The van der Waals surface area contributed by atoms with Crippen LogP contribution in [0.4, 0.5) is 0 Å². The van der Waals surface area contributed by atoms with Crippen LogP contribution in [-0.4, -0.2) is 60.6 Å². The molecule has 1 aliphatic carbocycles. The fourth-order valence-corrected chi connectivity index (χ4v) is 2.78. The Labute approximate surface area is 125 Å². The Kier molecular flexibility index (Phi) is 4.51. The number of carbonyl (C=O) groups is 1. The van der Waals surface area contributed by atoms with Crippen LogP contribution < -0.4 is 0 Å². The van der Waals surface area contributed by atoms with E-state index in [9.17, 15) is 4.79 Å². The van der Waals surface area contributed by atoms with Crippen LogP contribution in [0.15, 0.2) is 18.3 Å². The molecule has 5 heteroatoms.